The van der Waals surface area contributed by atoms with Crippen molar-refractivity contribution in [2.45, 2.75) is 48.9 Å². The fraction of sp³-hybridized carbons (Fsp3) is 0.318. The number of nitrogens with zero attached hydrogens (tertiary/aromatic N) is 1. The van der Waals surface area contributed by atoms with Crippen molar-refractivity contribution in [2.24, 2.45) is 0 Å². The molecule has 1 fully saturated rings. The molecular weight excluding hydrogens is 356 g/mol. The largest absolute Gasteiger partial charge is 0.367 e. The highest BCUT2D eigenvalue weighted by atomic mass is 32.2. The van der Waals surface area contributed by atoms with Crippen molar-refractivity contribution >= 4 is 26.4 Å². The van der Waals surface area contributed by atoms with Crippen molar-refractivity contribution in [3.05, 3.63) is 60.3 Å². The van der Waals surface area contributed by atoms with Crippen LogP contribution in [0, 0.1) is 6.92 Å². The molecule has 0 unspecified atom stereocenters. The van der Waals surface area contributed by atoms with E-state index in [0.29, 0.717) is 15.8 Å². The SMILES string of the molecule is Cc1ccc(S(=O)(=O)c2c[nH+]c3ccccc3c2N2CCCC[C@@H]2C)cc1. The molecule has 3 aromatic rings. The Morgan fingerprint density at radius 2 is 1.78 bits per heavy atom. The Kier molecular flexibility index (Phi) is 4.64. The van der Waals surface area contributed by atoms with Crippen LogP contribution in [0.3, 0.4) is 0 Å². The maximum absolute atomic E-state index is 13.5. The van der Waals surface area contributed by atoms with Gasteiger partial charge in [0.2, 0.25) is 15.4 Å². The molecule has 2 heterocycles. The molecule has 27 heavy (non-hydrogen) atoms. The minimum Gasteiger partial charge on any atom is -0.367 e. The first-order chi connectivity index (χ1) is 13.0. The van der Waals surface area contributed by atoms with Gasteiger partial charge in [0.1, 0.15) is 0 Å². The van der Waals surface area contributed by atoms with Crippen molar-refractivity contribution in [3.63, 3.8) is 0 Å². The van der Waals surface area contributed by atoms with Gasteiger partial charge in [0.05, 0.1) is 16.0 Å². The van der Waals surface area contributed by atoms with Gasteiger partial charge in [0.15, 0.2) is 11.1 Å². The van der Waals surface area contributed by atoms with E-state index in [0.717, 1.165) is 41.5 Å². The van der Waals surface area contributed by atoms with Gasteiger partial charge >= 0.3 is 0 Å². The first kappa shape index (κ1) is 18.0. The Bertz CT molecular complexity index is 1080. The molecule has 0 saturated carbocycles. The molecule has 1 saturated heterocycles. The van der Waals surface area contributed by atoms with Gasteiger partial charge in [-0.25, -0.2) is 13.4 Å². The summed E-state index contributed by atoms with van der Waals surface area (Å²) in [6, 6.07) is 15.4. The molecular formula is C22H25N2O2S+. The average Bonchev–Trinajstić information content (AvgIpc) is 2.68. The summed E-state index contributed by atoms with van der Waals surface area (Å²) in [7, 11) is -3.62. The first-order valence-electron chi connectivity index (χ1n) is 9.50. The summed E-state index contributed by atoms with van der Waals surface area (Å²) in [6.07, 6.45) is 5.01. The maximum Gasteiger partial charge on any atom is 0.214 e. The summed E-state index contributed by atoms with van der Waals surface area (Å²) in [6.45, 7) is 5.03. The second-order valence-corrected chi connectivity index (χ2v) is 9.32. The van der Waals surface area contributed by atoms with Crippen molar-refractivity contribution in [2.75, 3.05) is 11.4 Å². The lowest BCUT2D eigenvalue weighted by molar-refractivity contribution is -0.347. The van der Waals surface area contributed by atoms with Gasteiger partial charge in [-0.1, -0.05) is 29.8 Å². The lowest BCUT2D eigenvalue weighted by atomic mass is 10.0. The zero-order chi connectivity index (χ0) is 19.0. The van der Waals surface area contributed by atoms with Gasteiger partial charge in [-0.3, -0.25) is 0 Å². The van der Waals surface area contributed by atoms with Crippen molar-refractivity contribution in [1.29, 1.82) is 0 Å². The van der Waals surface area contributed by atoms with Gasteiger partial charge in [-0.05, 0) is 51.3 Å². The molecule has 1 aliphatic heterocycles. The number of piperidine rings is 1. The van der Waals surface area contributed by atoms with Crippen LogP contribution in [0.25, 0.3) is 10.9 Å². The minimum absolute atomic E-state index is 0.316. The van der Waals surface area contributed by atoms with E-state index in [1.807, 2.05) is 43.3 Å². The minimum atomic E-state index is -3.62. The number of hydrogen-bond acceptors (Lipinski definition) is 3. The van der Waals surface area contributed by atoms with Crippen LogP contribution in [0.2, 0.25) is 0 Å². The van der Waals surface area contributed by atoms with Crippen LogP contribution in [0.5, 0.6) is 0 Å². The molecule has 0 amide bonds. The van der Waals surface area contributed by atoms with Crippen LogP contribution in [-0.4, -0.2) is 21.0 Å². The predicted octanol–water partition coefficient (Wildman–Crippen LogP) is 4.17. The highest BCUT2D eigenvalue weighted by Crippen LogP contribution is 2.37. The van der Waals surface area contributed by atoms with Crippen LogP contribution in [0.4, 0.5) is 5.69 Å². The van der Waals surface area contributed by atoms with Gasteiger partial charge in [0, 0.05) is 18.7 Å². The highest BCUT2D eigenvalue weighted by molar-refractivity contribution is 7.91. The maximum atomic E-state index is 13.5. The molecule has 0 radical (unpaired) electrons. The van der Waals surface area contributed by atoms with E-state index in [-0.39, 0.29) is 0 Å². The number of aryl methyl sites for hydroxylation is 1. The zero-order valence-electron chi connectivity index (χ0n) is 15.8. The Morgan fingerprint density at radius 3 is 2.52 bits per heavy atom. The predicted molar refractivity (Wildman–Crippen MR) is 108 cm³/mol. The lowest BCUT2D eigenvalue weighted by Gasteiger charge is -2.36. The lowest BCUT2D eigenvalue weighted by Crippen LogP contribution is -2.38. The summed E-state index contributed by atoms with van der Waals surface area (Å²) in [4.78, 5) is 6.17. The monoisotopic (exact) mass is 381 g/mol. The van der Waals surface area contributed by atoms with E-state index in [1.165, 1.54) is 6.42 Å². The average molecular weight is 382 g/mol. The molecule has 0 spiro atoms. The standard InChI is InChI=1S/C22H24N2O2S/c1-16-10-12-18(13-11-16)27(25,26)21-15-23-20-9-4-3-8-19(20)22(21)24-14-6-5-7-17(24)2/h3-4,8-13,15,17H,5-7,14H2,1-2H3/p+1/t17-/m0/s1. The smallest absolute Gasteiger partial charge is 0.214 e. The van der Waals surface area contributed by atoms with Crippen LogP contribution in [0.15, 0.2) is 64.5 Å². The molecule has 0 aliphatic carbocycles. The number of sulfone groups is 1. The van der Waals surface area contributed by atoms with E-state index in [4.69, 9.17) is 0 Å². The van der Waals surface area contributed by atoms with Gasteiger partial charge in [-0.15, -0.1) is 0 Å². The van der Waals surface area contributed by atoms with Crippen LogP contribution in [-0.2, 0) is 9.84 Å². The number of pyridine rings is 1. The fourth-order valence-corrected chi connectivity index (χ4v) is 5.38. The number of hydrogen-bond donors (Lipinski definition) is 0. The van der Waals surface area contributed by atoms with Gasteiger partial charge in [-0.2, -0.15) is 0 Å². The van der Waals surface area contributed by atoms with E-state index in [9.17, 15) is 8.42 Å². The Hall–Kier alpha value is -2.40. The Labute approximate surface area is 160 Å². The van der Waals surface area contributed by atoms with E-state index >= 15 is 0 Å². The normalized spacial score (nSPS) is 18.0. The summed E-state index contributed by atoms with van der Waals surface area (Å²) < 4.78 is 27.0. The quantitative estimate of drug-likeness (QED) is 0.684. The molecule has 1 aromatic heterocycles. The number of fused-ring (bicyclic) bond motifs is 1. The van der Waals surface area contributed by atoms with E-state index in [2.05, 4.69) is 16.8 Å². The molecule has 4 rings (SSSR count). The number of para-hydroxylation sites is 1. The molecule has 5 heteroatoms. The number of benzene rings is 2. The summed E-state index contributed by atoms with van der Waals surface area (Å²) in [5, 5.41) is 0.958. The summed E-state index contributed by atoms with van der Waals surface area (Å²) in [5.41, 5.74) is 2.83. The van der Waals surface area contributed by atoms with E-state index < -0.39 is 9.84 Å². The second kappa shape index (κ2) is 6.97. The van der Waals surface area contributed by atoms with Crippen molar-refractivity contribution in [3.8, 4) is 0 Å². The third-order valence-electron chi connectivity index (χ3n) is 5.49. The van der Waals surface area contributed by atoms with Crippen LogP contribution >= 0.6 is 0 Å². The zero-order valence-corrected chi connectivity index (χ0v) is 16.6. The van der Waals surface area contributed by atoms with E-state index in [1.54, 1.807) is 18.3 Å². The number of H-pyrrole nitrogens is 1. The highest BCUT2D eigenvalue weighted by Gasteiger charge is 2.31. The van der Waals surface area contributed by atoms with Crippen molar-refractivity contribution < 1.29 is 13.4 Å². The molecule has 4 nitrogen and oxygen atoms in total. The Morgan fingerprint density at radius 1 is 1.04 bits per heavy atom. The number of anilines is 1. The fourth-order valence-electron chi connectivity index (χ4n) is 3.94. The molecule has 2 aromatic carbocycles. The van der Waals surface area contributed by atoms with Crippen molar-refractivity contribution in [1.82, 2.24) is 0 Å². The summed E-state index contributed by atoms with van der Waals surface area (Å²) in [5.74, 6) is 0. The third kappa shape index (κ3) is 3.21. The topological polar surface area (TPSA) is 51.5 Å². The first-order valence-corrected chi connectivity index (χ1v) is 11.0. The van der Waals surface area contributed by atoms with Gasteiger partial charge < -0.3 is 4.90 Å². The number of aromatic amines is 1. The Balaban J connectivity index is 1.97. The molecule has 1 N–H and O–H groups in total. The number of rotatable bonds is 3. The van der Waals surface area contributed by atoms with Crippen LogP contribution < -0.4 is 9.88 Å². The molecule has 0 bridgehead atoms. The molecule has 140 valence electrons. The number of aromatic nitrogens is 1. The molecule has 1 aliphatic rings. The van der Waals surface area contributed by atoms with Crippen LogP contribution in [0.1, 0.15) is 31.7 Å². The second-order valence-electron chi connectivity index (χ2n) is 7.40. The third-order valence-corrected chi connectivity index (χ3v) is 7.27. The van der Waals surface area contributed by atoms with Gasteiger partial charge in [0.25, 0.3) is 0 Å². The number of nitrogens with one attached hydrogen (secondary N) is 1. The summed E-state index contributed by atoms with van der Waals surface area (Å²) >= 11 is 0. The molecule has 1 atom stereocenters.